The lowest BCUT2D eigenvalue weighted by Gasteiger charge is -2.01. The van der Waals surface area contributed by atoms with Gasteiger partial charge in [0, 0.05) is 0 Å². The Kier molecular flexibility index (Phi) is 3.70. The van der Waals surface area contributed by atoms with Gasteiger partial charge in [-0.05, 0) is 22.2 Å². The molecule has 1 rings (SSSR count). The van der Waals surface area contributed by atoms with E-state index in [4.69, 9.17) is 5.11 Å². The highest BCUT2D eigenvalue weighted by Crippen LogP contribution is 2.13. The fraction of sp³-hybridized carbons (Fsp3) is 0.286. The summed E-state index contributed by atoms with van der Waals surface area (Å²) < 4.78 is 0.178. The quantitative estimate of drug-likeness (QED) is 0.634. The Labute approximate surface area is 92.1 Å². The third kappa shape index (κ3) is 2.58. The molecular formula is C7H7BrN2O3S. The van der Waals surface area contributed by atoms with E-state index in [1.165, 1.54) is 11.8 Å². The molecule has 0 saturated carbocycles. The first-order valence-corrected chi connectivity index (χ1v) is 5.61. The molecule has 0 unspecified atom stereocenters. The van der Waals surface area contributed by atoms with E-state index < -0.39 is 5.97 Å². The molecule has 0 atom stereocenters. The molecule has 2 N–H and O–H groups in total. The number of rotatable bonds is 3. The van der Waals surface area contributed by atoms with Crippen molar-refractivity contribution >= 4 is 33.7 Å². The molecule has 7 heteroatoms. The topological polar surface area (TPSA) is 83.0 Å². The Morgan fingerprint density at radius 2 is 2.36 bits per heavy atom. The maximum absolute atomic E-state index is 11.3. The summed E-state index contributed by atoms with van der Waals surface area (Å²) in [6.07, 6.45) is 1.48. The molecule has 14 heavy (non-hydrogen) atoms. The summed E-state index contributed by atoms with van der Waals surface area (Å²) in [5, 5.41) is 8.98. The number of carboxylic acid groups (broad SMARTS) is 1. The second kappa shape index (κ2) is 4.61. The number of nitrogens with one attached hydrogen (secondary N) is 1. The Morgan fingerprint density at radius 1 is 1.71 bits per heavy atom. The van der Waals surface area contributed by atoms with Crippen LogP contribution in [0.4, 0.5) is 0 Å². The van der Waals surface area contributed by atoms with E-state index in [-0.39, 0.29) is 22.1 Å². The summed E-state index contributed by atoms with van der Waals surface area (Å²) in [6, 6.07) is 0. The summed E-state index contributed by atoms with van der Waals surface area (Å²) in [6.45, 7) is 0. The zero-order valence-electron chi connectivity index (χ0n) is 7.20. The van der Waals surface area contributed by atoms with Gasteiger partial charge in [0.2, 0.25) is 0 Å². The molecule has 0 aromatic carbocycles. The maximum Gasteiger partial charge on any atom is 0.309 e. The maximum atomic E-state index is 11.3. The van der Waals surface area contributed by atoms with E-state index in [0.29, 0.717) is 5.16 Å². The van der Waals surface area contributed by atoms with Crippen LogP contribution in [0.2, 0.25) is 0 Å². The van der Waals surface area contributed by atoms with Crippen LogP contribution in [0.15, 0.2) is 14.4 Å². The van der Waals surface area contributed by atoms with Crippen molar-refractivity contribution in [1.29, 1.82) is 0 Å². The standard InChI is InChI=1S/C7H7BrN2O3S/c1-14-7-9-3(2-4(11)12)5(8)6(13)10-7/h2H2,1H3,(H,11,12)(H,9,10,13). The smallest absolute Gasteiger partial charge is 0.309 e. The highest BCUT2D eigenvalue weighted by Gasteiger charge is 2.11. The molecule has 0 amide bonds. The van der Waals surface area contributed by atoms with Crippen molar-refractivity contribution in [2.24, 2.45) is 0 Å². The van der Waals surface area contributed by atoms with Gasteiger partial charge in [-0.3, -0.25) is 9.59 Å². The van der Waals surface area contributed by atoms with E-state index in [1.807, 2.05) is 0 Å². The van der Waals surface area contributed by atoms with Gasteiger partial charge in [0.05, 0.1) is 12.1 Å². The molecule has 0 fully saturated rings. The monoisotopic (exact) mass is 278 g/mol. The number of hydrogen-bond acceptors (Lipinski definition) is 4. The average Bonchev–Trinajstić information content (AvgIpc) is 2.11. The summed E-state index contributed by atoms with van der Waals surface area (Å²) in [4.78, 5) is 28.2. The van der Waals surface area contributed by atoms with E-state index >= 15 is 0 Å². The molecule has 0 saturated heterocycles. The van der Waals surface area contributed by atoms with Crippen LogP contribution in [-0.4, -0.2) is 27.3 Å². The van der Waals surface area contributed by atoms with Gasteiger partial charge in [-0.2, -0.15) is 0 Å². The lowest BCUT2D eigenvalue weighted by atomic mass is 10.3. The molecule has 0 aliphatic heterocycles. The first-order valence-electron chi connectivity index (χ1n) is 3.59. The predicted octanol–water partition coefficient (Wildman–Crippen LogP) is 0.881. The molecule has 0 spiro atoms. The van der Waals surface area contributed by atoms with Crippen molar-refractivity contribution in [1.82, 2.24) is 9.97 Å². The van der Waals surface area contributed by atoms with E-state index in [0.717, 1.165) is 0 Å². The van der Waals surface area contributed by atoms with Crippen LogP contribution < -0.4 is 5.56 Å². The van der Waals surface area contributed by atoms with Crippen LogP contribution in [0.5, 0.6) is 0 Å². The lowest BCUT2D eigenvalue weighted by molar-refractivity contribution is -0.136. The van der Waals surface area contributed by atoms with Gasteiger partial charge >= 0.3 is 5.97 Å². The van der Waals surface area contributed by atoms with Crippen LogP contribution in [0, 0.1) is 0 Å². The average molecular weight is 279 g/mol. The molecule has 0 aliphatic rings. The highest BCUT2D eigenvalue weighted by molar-refractivity contribution is 9.10. The van der Waals surface area contributed by atoms with E-state index in [1.54, 1.807) is 6.26 Å². The minimum atomic E-state index is -1.02. The minimum Gasteiger partial charge on any atom is -0.481 e. The molecule has 76 valence electrons. The van der Waals surface area contributed by atoms with Crippen molar-refractivity contribution in [3.8, 4) is 0 Å². The normalized spacial score (nSPS) is 10.1. The molecule has 1 aromatic heterocycles. The Bertz CT molecular complexity index is 418. The lowest BCUT2D eigenvalue weighted by Crippen LogP contribution is -2.15. The summed E-state index contributed by atoms with van der Waals surface area (Å²) in [7, 11) is 0. The molecule has 5 nitrogen and oxygen atoms in total. The number of nitrogens with zero attached hydrogens (tertiary/aromatic N) is 1. The van der Waals surface area contributed by atoms with Crippen LogP contribution in [-0.2, 0) is 11.2 Å². The molecular weight excluding hydrogens is 272 g/mol. The van der Waals surface area contributed by atoms with Crippen LogP contribution >= 0.6 is 27.7 Å². The zero-order chi connectivity index (χ0) is 10.7. The third-order valence-electron chi connectivity index (χ3n) is 1.42. The SMILES string of the molecule is CSc1nc(CC(=O)O)c(Br)c(=O)[nH]1. The Balaban J connectivity index is 3.20. The van der Waals surface area contributed by atoms with E-state index in [9.17, 15) is 9.59 Å². The van der Waals surface area contributed by atoms with Gasteiger partial charge < -0.3 is 10.1 Å². The van der Waals surface area contributed by atoms with Gasteiger partial charge in [-0.25, -0.2) is 4.98 Å². The van der Waals surface area contributed by atoms with Gasteiger partial charge in [0.25, 0.3) is 5.56 Å². The van der Waals surface area contributed by atoms with Crippen molar-refractivity contribution in [3.63, 3.8) is 0 Å². The summed E-state index contributed by atoms with van der Waals surface area (Å²) in [5.74, 6) is -1.02. The summed E-state index contributed by atoms with van der Waals surface area (Å²) in [5.41, 5.74) is -0.119. The molecule has 1 aromatic rings. The van der Waals surface area contributed by atoms with Gasteiger partial charge in [-0.1, -0.05) is 11.8 Å². The first-order chi connectivity index (χ1) is 6.54. The van der Waals surface area contributed by atoms with Crippen LogP contribution in [0.25, 0.3) is 0 Å². The van der Waals surface area contributed by atoms with Crippen molar-refractivity contribution in [2.45, 2.75) is 11.6 Å². The van der Waals surface area contributed by atoms with Crippen LogP contribution in [0.1, 0.15) is 5.69 Å². The third-order valence-corrected chi connectivity index (χ3v) is 2.82. The molecule has 0 bridgehead atoms. The number of aromatic amines is 1. The fourth-order valence-corrected chi connectivity index (χ4v) is 1.56. The van der Waals surface area contributed by atoms with Gasteiger partial charge in [-0.15, -0.1) is 0 Å². The van der Waals surface area contributed by atoms with Crippen molar-refractivity contribution in [3.05, 3.63) is 20.5 Å². The predicted molar refractivity (Wildman–Crippen MR) is 55.7 cm³/mol. The number of hydrogen-bond donors (Lipinski definition) is 2. The van der Waals surface area contributed by atoms with Gasteiger partial charge in [0.1, 0.15) is 4.47 Å². The number of halogens is 1. The van der Waals surface area contributed by atoms with E-state index in [2.05, 4.69) is 25.9 Å². The molecule has 0 aliphatic carbocycles. The first kappa shape index (κ1) is 11.3. The number of aliphatic carboxylic acids is 1. The van der Waals surface area contributed by atoms with Crippen molar-refractivity contribution in [2.75, 3.05) is 6.26 Å². The minimum absolute atomic E-state index is 0.178. The van der Waals surface area contributed by atoms with Crippen LogP contribution in [0.3, 0.4) is 0 Å². The summed E-state index contributed by atoms with van der Waals surface area (Å²) >= 11 is 4.25. The Morgan fingerprint density at radius 3 is 2.86 bits per heavy atom. The number of carboxylic acids is 1. The number of thioether (sulfide) groups is 1. The second-order valence-corrected chi connectivity index (χ2v) is 3.99. The van der Waals surface area contributed by atoms with Crippen molar-refractivity contribution < 1.29 is 9.90 Å². The Hall–Kier alpha value is -0.820. The zero-order valence-corrected chi connectivity index (χ0v) is 9.61. The number of carbonyl (C=O) groups is 1. The highest BCUT2D eigenvalue weighted by atomic mass is 79.9. The molecule has 0 radical (unpaired) electrons. The van der Waals surface area contributed by atoms with Gasteiger partial charge in [0.15, 0.2) is 5.16 Å². The largest absolute Gasteiger partial charge is 0.481 e. The molecule has 1 heterocycles. The second-order valence-electron chi connectivity index (χ2n) is 2.41. The fourth-order valence-electron chi connectivity index (χ4n) is 0.840. The number of H-pyrrole nitrogens is 1. The number of aromatic nitrogens is 2.